The molecule has 0 amide bonds. The van der Waals surface area contributed by atoms with Gasteiger partial charge in [0.2, 0.25) is 5.82 Å². The molecule has 0 unspecified atom stereocenters. The fourth-order valence-electron chi connectivity index (χ4n) is 2.27. The van der Waals surface area contributed by atoms with Gasteiger partial charge in [0.15, 0.2) is 0 Å². The molecule has 0 radical (unpaired) electrons. The summed E-state index contributed by atoms with van der Waals surface area (Å²) in [6, 6.07) is 11.7. The molecule has 1 aromatic heterocycles. The molecule has 25 heavy (non-hydrogen) atoms. The third-order valence-corrected chi connectivity index (χ3v) is 3.48. The van der Waals surface area contributed by atoms with Gasteiger partial charge in [-0.05, 0) is 23.8 Å². The fraction of sp³-hybridized carbons (Fsp3) is 0.125. The molecule has 6 nitrogen and oxygen atoms in total. The van der Waals surface area contributed by atoms with Gasteiger partial charge in [-0.3, -0.25) is 4.79 Å². The number of halogens is 3. The molecule has 0 spiro atoms. The van der Waals surface area contributed by atoms with Crippen molar-refractivity contribution in [1.82, 2.24) is 9.71 Å². The molecule has 0 fully saturated rings. The summed E-state index contributed by atoms with van der Waals surface area (Å²) in [5.74, 6) is 5.02. The average Bonchev–Trinajstić information content (AvgIpc) is 2.60. The number of nitrogens with two attached hydrogens (primary N) is 1. The van der Waals surface area contributed by atoms with Crippen molar-refractivity contribution in [3.63, 3.8) is 0 Å². The van der Waals surface area contributed by atoms with Crippen molar-refractivity contribution in [1.29, 1.82) is 0 Å². The summed E-state index contributed by atoms with van der Waals surface area (Å²) in [7, 11) is 0. The van der Waals surface area contributed by atoms with Gasteiger partial charge < -0.3 is 10.3 Å². The van der Waals surface area contributed by atoms with Crippen LogP contribution in [-0.4, -0.2) is 9.71 Å². The van der Waals surface area contributed by atoms with Crippen molar-refractivity contribution in [3.8, 4) is 0 Å². The average molecular weight is 350 g/mol. The quantitative estimate of drug-likeness (QED) is 0.557. The van der Waals surface area contributed by atoms with E-state index >= 15 is 0 Å². The van der Waals surface area contributed by atoms with Gasteiger partial charge in [-0.1, -0.05) is 30.3 Å². The predicted molar refractivity (Wildman–Crippen MR) is 85.5 cm³/mol. The van der Waals surface area contributed by atoms with Gasteiger partial charge in [0.1, 0.15) is 12.1 Å². The van der Waals surface area contributed by atoms with Crippen LogP contribution in [0.2, 0.25) is 0 Å². The highest BCUT2D eigenvalue weighted by Gasteiger charge is 2.31. The van der Waals surface area contributed by atoms with Crippen molar-refractivity contribution >= 4 is 16.9 Å². The largest absolute Gasteiger partial charge is 0.416 e. The van der Waals surface area contributed by atoms with Crippen LogP contribution in [0, 0.1) is 0 Å². The first-order chi connectivity index (χ1) is 11.9. The van der Waals surface area contributed by atoms with E-state index in [9.17, 15) is 18.0 Å². The van der Waals surface area contributed by atoms with Crippen molar-refractivity contribution in [3.05, 3.63) is 70.0 Å². The Bertz CT molecular complexity index is 955. The van der Waals surface area contributed by atoms with Gasteiger partial charge in [0, 0.05) is 0 Å². The Labute approximate surface area is 139 Å². The minimum absolute atomic E-state index is 0.0138. The topological polar surface area (TPSA) is 82.2 Å². The van der Waals surface area contributed by atoms with Crippen LogP contribution in [0.3, 0.4) is 0 Å². The Morgan fingerprint density at radius 1 is 1.16 bits per heavy atom. The van der Waals surface area contributed by atoms with Crippen molar-refractivity contribution in [2.45, 2.75) is 12.8 Å². The third-order valence-electron chi connectivity index (χ3n) is 3.48. The number of nitrogen functional groups attached to an aromatic ring is 1. The molecule has 0 aliphatic heterocycles. The minimum atomic E-state index is -4.56. The van der Waals surface area contributed by atoms with E-state index in [1.165, 1.54) is 0 Å². The first-order valence-corrected chi connectivity index (χ1v) is 7.18. The van der Waals surface area contributed by atoms with Crippen LogP contribution in [0.5, 0.6) is 0 Å². The number of nitrogens with zero attached hydrogens (tertiary/aromatic N) is 2. The molecular weight excluding hydrogens is 337 g/mol. The van der Waals surface area contributed by atoms with Crippen LogP contribution < -0.4 is 21.7 Å². The van der Waals surface area contributed by atoms with E-state index in [0.29, 0.717) is 0 Å². The molecule has 0 atom stereocenters. The maximum absolute atomic E-state index is 13.0. The maximum atomic E-state index is 13.0. The number of fused-ring (bicyclic) bond motifs is 1. The molecule has 3 N–H and O–H groups in total. The van der Waals surface area contributed by atoms with Crippen LogP contribution in [-0.2, 0) is 12.8 Å². The Hall–Kier alpha value is -3.07. The fourth-order valence-corrected chi connectivity index (χ4v) is 2.27. The maximum Gasteiger partial charge on any atom is 0.416 e. The van der Waals surface area contributed by atoms with E-state index < -0.39 is 17.3 Å². The summed E-state index contributed by atoms with van der Waals surface area (Å²) >= 11 is 0. The van der Waals surface area contributed by atoms with Crippen LogP contribution in [0.15, 0.2) is 53.3 Å². The molecule has 130 valence electrons. The molecule has 1 heterocycles. The monoisotopic (exact) mass is 350 g/mol. The molecule has 9 heteroatoms. The standard InChI is InChI=1S/C16H13F3N4O2/c17-16(18,19)11-6-7-12-13(8-11)23(15(24)14(21-12)22-20)25-9-10-4-2-1-3-5-10/h1-8H,9,20H2,(H,21,22). The first kappa shape index (κ1) is 16.8. The molecule has 0 saturated heterocycles. The number of alkyl halides is 3. The van der Waals surface area contributed by atoms with E-state index in [0.717, 1.165) is 28.5 Å². The predicted octanol–water partition coefficient (Wildman–Crippen LogP) is 2.33. The van der Waals surface area contributed by atoms with Crippen molar-refractivity contribution in [2.24, 2.45) is 5.84 Å². The highest BCUT2D eigenvalue weighted by atomic mass is 19.4. The Morgan fingerprint density at radius 2 is 1.88 bits per heavy atom. The van der Waals surface area contributed by atoms with Crippen LogP contribution in [0.25, 0.3) is 11.0 Å². The lowest BCUT2D eigenvalue weighted by Crippen LogP contribution is -2.32. The van der Waals surface area contributed by atoms with E-state index in [-0.39, 0.29) is 23.5 Å². The lowest BCUT2D eigenvalue weighted by Gasteiger charge is -2.14. The Kier molecular flexibility index (Phi) is 4.32. The number of nitrogens with one attached hydrogen (secondary N) is 1. The van der Waals surface area contributed by atoms with Gasteiger partial charge in [-0.15, -0.1) is 4.73 Å². The lowest BCUT2D eigenvalue weighted by molar-refractivity contribution is -0.137. The summed E-state index contributed by atoms with van der Waals surface area (Å²) in [5, 5.41) is 0. The second-order valence-electron chi connectivity index (χ2n) is 5.16. The van der Waals surface area contributed by atoms with Crippen molar-refractivity contribution < 1.29 is 18.0 Å². The number of aromatic nitrogens is 2. The number of hydrogen-bond donors (Lipinski definition) is 2. The van der Waals surface area contributed by atoms with Crippen molar-refractivity contribution in [2.75, 3.05) is 5.43 Å². The zero-order chi connectivity index (χ0) is 18.0. The van der Waals surface area contributed by atoms with E-state index in [1.54, 1.807) is 24.3 Å². The SMILES string of the molecule is NNc1nc2ccc(C(F)(F)F)cc2n(OCc2ccccc2)c1=O. The number of anilines is 1. The molecule has 0 bridgehead atoms. The smallest absolute Gasteiger partial charge is 0.405 e. The Balaban J connectivity index is 2.12. The van der Waals surface area contributed by atoms with Gasteiger partial charge in [-0.2, -0.15) is 13.2 Å². The van der Waals surface area contributed by atoms with Gasteiger partial charge >= 0.3 is 11.7 Å². The summed E-state index contributed by atoms with van der Waals surface area (Å²) in [5.41, 5.74) is 1.20. The highest BCUT2D eigenvalue weighted by molar-refractivity contribution is 5.77. The van der Waals surface area contributed by atoms with E-state index in [1.807, 2.05) is 6.07 Å². The summed E-state index contributed by atoms with van der Waals surface area (Å²) in [4.78, 5) is 21.7. The molecule has 0 aliphatic carbocycles. The molecule has 0 saturated carbocycles. The zero-order valence-corrected chi connectivity index (χ0v) is 12.7. The number of hydrazine groups is 1. The van der Waals surface area contributed by atoms with Gasteiger partial charge in [0.05, 0.1) is 11.1 Å². The molecule has 3 rings (SSSR count). The van der Waals surface area contributed by atoms with Gasteiger partial charge in [0.25, 0.3) is 0 Å². The zero-order valence-electron chi connectivity index (χ0n) is 12.7. The van der Waals surface area contributed by atoms with E-state index in [2.05, 4.69) is 10.4 Å². The van der Waals surface area contributed by atoms with Crippen LogP contribution in [0.4, 0.5) is 19.0 Å². The Morgan fingerprint density at radius 3 is 2.52 bits per heavy atom. The number of rotatable bonds is 4. The molecular formula is C16H13F3N4O2. The lowest BCUT2D eigenvalue weighted by atomic mass is 10.2. The second-order valence-corrected chi connectivity index (χ2v) is 5.16. The molecule has 0 aliphatic rings. The number of benzene rings is 2. The van der Waals surface area contributed by atoms with Crippen LogP contribution in [0.1, 0.15) is 11.1 Å². The van der Waals surface area contributed by atoms with Gasteiger partial charge in [-0.25, -0.2) is 10.8 Å². The third kappa shape index (κ3) is 3.41. The summed E-state index contributed by atoms with van der Waals surface area (Å²) < 4.78 is 39.7. The minimum Gasteiger partial charge on any atom is -0.405 e. The summed E-state index contributed by atoms with van der Waals surface area (Å²) in [6.07, 6.45) is -4.56. The van der Waals surface area contributed by atoms with E-state index in [4.69, 9.17) is 10.7 Å². The number of hydrogen-bond acceptors (Lipinski definition) is 5. The molecule has 2 aromatic carbocycles. The second kappa shape index (κ2) is 6.44. The first-order valence-electron chi connectivity index (χ1n) is 7.18. The normalized spacial score (nSPS) is 11.5. The highest BCUT2D eigenvalue weighted by Crippen LogP contribution is 2.30. The summed E-state index contributed by atoms with van der Waals surface area (Å²) in [6.45, 7) is -0.0138. The van der Waals surface area contributed by atoms with Crippen LogP contribution >= 0.6 is 0 Å². The molecule has 3 aromatic rings.